The van der Waals surface area contributed by atoms with Crippen molar-refractivity contribution in [1.29, 1.82) is 0 Å². The summed E-state index contributed by atoms with van der Waals surface area (Å²) in [6, 6.07) is 0.588. The van der Waals surface area contributed by atoms with Crippen LogP contribution in [0.1, 0.15) is 58.3 Å². The summed E-state index contributed by atoms with van der Waals surface area (Å²) in [4.78, 5) is 4.52. The highest BCUT2D eigenvalue weighted by Crippen LogP contribution is 2.49. The van der Waals surface area contributed by atoms with Gasteiger partial charge in [0, 0.05) is 12.6 Å². The number of guanidine groups is 1. The third-order valence-electron chi connectivity index (χ3n) is 4.03. The van der Waals surface area contributed by atoms with Gasteiger partial charge in [-0.15, -0.1) is 0 Å². The molecule has 0 unspecified atom stereocenters. The van der Waals surface area contributed by atoms with E-state index in [9.17, 15) is 0 Å². The van der Waals surface area contributed by atoms with Gasteiger partial charge < -0.3 is 11.1 Å². The molecule has 3 nitrogen and oxygen atoms in total. The molecule has 0 bridgehead atoms. The van der Waals surface area contributed by atoms with Gasteiger partial charge in [0.05, 0.1) is 0 Å². The zero-order chi connectivity index (χ0) is 11.4. The van der Waals surface area contributed by atoms with Gasteiger partial charge in [-0.1, -0.05) is 26.2 Å². The van der Waals surface area contributed by atoms with E-state index in [2.05, 4.69) is 17.2 Å². The summed E-state index contributed by atoms with van der Waals surface area (Å²) in [5.41, 5.74) is 6.45. The molecular formula is C13H25N3. The predicted octanol–water partition coefficient (Wildman–Crippen LogP) is 2.41. The lowest BCUT2D eigenvalue weighted by molar-refractivity contribution is 0.471. The van der Waals surface area contributed by atoms with Crippen molar-refractivity contribution >= 4 is 5.96 Å². The molecule has 0 aromatic heterocycles. The van der Waals surface area contributed by atoms with E-state index < -0.39 is 0 Å². The van der Waals surface area contributed by atoms with E-state index in [4.69, 9.17) is 5.73 Å². The fraction of sp³-hybridized carbons (Fsp3) is 0.923. The Kier molecular flexibility index (Phi) is 3.72. The van der Waals surface area contributed by atoms with Crippen molar-refractivity contribution in [2.45, 2.75) is 64.3 Å². The summed E-state index contributed by atoms with van der Waals surface area (Å²) in [6.07, 6.45) is 10.5. The first-order chi connectivity index (χ1) is 7.74. The lowest BCUT2D eigenvalue weighted by atomic mass is 10.0. The minimum Gasteiger partial charge on any atom is -0.370 e. The van der Waals surface area contributed by atoms with Gasteiger partial charge in [0.2, 0.25) is 0 Å². The first-order valence-electron chi connectivity index (χ1n) is 6.81. The second-order valence-corrected chi connectivity index (χ2v) is 5.58. The first-order valence-corrected chi connectivity index (χ1v) is 6.81. The van der Waals surface area contributed by atoms with E-state index >= 15 is 0 Å². The van der Waals surface area contributed by atoms with Crippen molar-refractivity contribution in [2.75, 3.05) is 6.54 Å². The zero-order valence-electron chi connectivity index (χ0n) is 10.5. The normalized spacial score (nSPS) is 24.7. The van der Waals surface area contributed by atoms with Crippen LogP contribution in [0.15, 0.2) is 4.99 Å². The minimum absolute atomic E-state index is 0.525. The van der Waals surface area contributed by atoms with Crippen molar-refractivity contribution in [2.24, 2.45) is 16.1 Å². The Morgan fingerprint density at radius 3 is 2.62 bits per heavy atom. The molecule has 0 saturated heterocycles. The molecule has 16 heavy (non-hydrogen) atoms. The Morgan fingerprint density at radius 1 is 1.38 bits per heavy atom. The number of nitrogens with one attached hydrogen (secondary N) is 1. The molecule has 0 aliphatic heterocycles. The van der Waals surface area contributed by atoms with Gasteiger partial charge in [-0.3, -0.25) is 4.99 Å². The summed E-state index contributed by atoms with van der Waals surface area (Å²) in [5.74, 6) is 0.675. The van der Waals surface area contributed by atoms with Crippen molar-refractivity contribution in [1.82, 2.24) is 5.32 Å². The smallest absolute Gasteiger partial charge is 0.188 e. The van der Waals surface area contributed by atoms with Crippen LogP contribution in [0.4, 0.5) is 0 Å². The molecule has 3 N–H and O–H groups in total. The Morgan fingerprint density at radius 2 is 2.06 bits per heavy atom. The van der Waals surface area contributed by atoms with Crippen LogP contribution in [-0.4, -0.2) is 18.5 Å². The van der Waals surface area contributed by atoms with E-state index in [1.165, 1.54) is 51.4 Å². The summed E-state index contributed by atoms with van der Waals surface area (Å²) >= 11 is 0. The Bertz CT molecular complexity index is 250. The van der Waals surface area contributed by atoms with Crippen molar-refractivity contribution in [3.63, 3.8) is 0 Å². The molecule has 0 spiro atoms. The molecule has 2 aliphatic carbocycles. The average Bonchev–Trinajstić information content (AvgIpc) is 2.83. The fourth-order valence-corrected chi connectivity index (χ4v) is 2.77. The predicted molar refractivity (Wildman–Crippen MR) is 68.5 cm³/mol. The molecule has 92 valence electrons. The maximum atomic E-state index is 5.92. The van der Waals surface area contributed by atoms with Crippen molar-refractivity contribution in [3.8, 4) is 0 Å². The summed E-state index contributed by atoms with van der Waals surface area (Å²) in [7, 11) is 0. The second-order valence-electron chi connectivity index (χ2n) is 5.58. The molecule has 2 fully saturated rings. The molecule has 0 amide bonds. The fourth-order valence-electron chi connectivity index (χ4n) is 2.77. The average molecular weight is 223 g/mol. The number of nitrogens with zero attached hydrogens (tertiary/aromatic N) is 1. The van der Waals surface area contributed by atoms with Crippen LogP contribution >= 0.6 is 0 Å². The van der Waals surface area contributed by atoms with E-state index in [1.54, 1.807) is 0 Å². The highest BCUT2D eigenvalue weighted by Gasteiger charge is 2.41. The van der Waals surface area contributed by atoms with Crippen LogP contribution in [-0.2, 0) is 0 Å². The van der Waals surface area contributed by atoms with Gasteiger partial charge in [-0.2, -0.15) is 0 Å². The lowest BCUT2D eigenvalue weighted by Gasteiger charge is -2.14. The topological polar surface area (TPSA) is 50.4 Å². The van der Waals surface area contributed by atoms with Crippen LogP contribution < -0.4 is 11.1 Å². The number of nitrogens with two attached hydrogens (primary N) is 1. The van der Waals surface area contributed by atoms with Crippen LogP contribution in [0.3, 0.4) is 0 Å². The third-order valence-corrected chi connectivity index (χ3v) is 4.03. The quantitative estimate of drug-likeness (QED) is 0.555. The van der Waals surface area contributed by atoms with Crippen molar-refractivity contribution < 1.29 is 0 Å². The molecular weight excluding hydrogens is 198 g/mol. The Balaban J connectivity index is 1.73. The Labute approximate surface area is 98.9 Å². The zero-order valence-corrected chi connectivity index (χ0v) is 10.5. The summed E-state index contributed by atoms with van der Waals surface area (Å²) < 4.78 is 0. The Hall–Kier alpha value is -0.730. The van der Waals surface area contributed by atoms with Crippen LogP contribution in [0.5, 0.6) is 0 Å². The minimum atomic E-state index is 0.525. The first kappa shape index (κ1) is 11.7. The van der Waals surface area contributed by atoms with Crippen molar-refractivity contribution in [3.05, 3.63) is 0 Å². The monoisotopic (exact) mass is 223 g/mol. The SMILES string of the molecule is CCCC1(CN=C(N)NC2CCCC2)CC1. The molecule has 2 saturated carbocycles. The highest BCUT2D eigenvalue weighted by molar-refractivity contribution is 5.78. The largest absolute Gasteiger partial charge is 0.370 e. The van der Waals surface area contributed by atoms with Gasteiger partial charge in [0.25, 0.3) is 0 Å². The molecule has 2 aliphatic rings. The highest BCUT2D eigenvalue weighted by atomic mass is 15.1. The summed E-state index contributed by atoms with van der Waals surface area (Å²) in [5, 5.41) is 3.35. The number of hydrogen-bond acceptors (Lipinski definition) is 1. The van der Waals surface area contributed by atoms with E-state index in [-0.39, 0.29) is 0 Å². The van der Waals surface area contributed by atoms with Gasteiger partial charge in [0.1, 0.15) is 0 Å². The molecule has 0 radical (unpaired) electrons. The van der Waals surface area contributed by atoms with Crippen LogP contribution in [0.25, 0.3) is 0 Å². The molecule has 0 atom stereocenters. The molecule has 0 heterocycles. The second kappa shape index (κ2) is 5.07. The molecule has 3 heteroatoms. The van der Waals surface area contributed by atoms with E-state index in [1.807, 2.05) is 0 Å². The summed E-state index contributed by atoms with van der Waals surface area (Å²) in [6.45, 7) is 3.19. The maximum Gasteiger partial charge on any atom is 0.188 e. The van der Waals surface area contributed by atoms with Crippen LogP contribution in [0.2, 0.25) is 0 Å². The van der Waals surface area contributed by atoms with Gasteiger partial charge in [-0.05, 0) is 37.5 Å². The van der Waals surface area contributed by atoms with E-state index in [0.29, 0.717) is 17.4 Å². The number of rotatable bonds is 5. The third kappa shape index (κ3) is 3.13. The molecule has 0 aromatic carbocycles. The van der Waals surface area contributed by atoms with Gasteiger partial charge >= 0.3 is 0 Å². The van der Waals surface area contributed by atoms with Gasteiger partial charge in [0.15, 0.2) is 5.96 Å². The lowest BCUT2D eigenvalue weighted by Crippen LogP contribution is -2.38. The van der Waals surface area contributed by atoms with Gasteiger partial charge in [-0.25, -0.2) is 0 Å². The van der Waals surface area contributed by atoms with Crippen LogP contribution in [0, 0.1) is 5.41 Å². The molecule has 2 rings (SSSR count). The maximum absolute atomic E-state index is 5.92. The number of hydrogen-bond donors (Lipinski definition) is 2. The standard InChI is InChI=1S/C13H25N3/c1-2-7-13(8-9-13)10-15-12(14)16-11-5-3-4-6-11/h11H,2-10H2,1H3,(H3,14,15,16). The van der Waals surface area contributed by atoms with E-state index in [0.717, 1.165) is 6.54 Å². The molecule has 0 aromatic rings. The number of aliphatic imine (C=N–C) groups is 1.